The summed E-state index contributed by atoms with van der Waals surface area (Å²) in [6.07, 6.45) is 6.32. The zero-order valence-corrected chi connectivity index (χ0v) is 18.1. The summed E-state index contributed by atoms with van der Waals surface area (Å²) >= 11 is 1.60. The van der Waals surface area contributed by atoms with Gasteiger partial charge in [0, 0.05) is 19.0 Å². The molecular formula is C23H20N6OS. The lowest BCUT2D eigenvalue weighted by Crippen LogP contribution is -2.10. The molecular weight excluding hydrogens is 408 g/mol. The number of pyridine rings is 1. The Morgan fingerprint density at radius 2 is 2.10 bits per heavy atom. The molecule has 1 saturated carbocycles. The minimum atomic E-state index is 0.100. The van der Waals surface area contributed by atoms with Gasteiger partial charge in [-0.2, -0.15) is 10.4 Å². The fraction of sp³-hybridized carbons (Fsp3) is 0.304. The van der Waals surface area contributed by atoms with E-state index in [1.807, 2.05) is 25.3 Å². The molecule has 0 N–H and O–H groups in total. The summed E-state index contributed by atoms with van der Waals surface area (Å²) in [4.78, 5) is 27.2. The maximum atomic E-state index is 12.9. The molecule has 154 valence electrons. The summed E-state index contributed by atoms with van der Waals surface area (Å²) in [6.45, 7) is 3.79. The van der Waals surface area contributed by atoms with Crippen LogP contribution in [0.4, 0.5) is 0 Å². The summed E-state index contributed by atoms with van der Waals surface area (Å²) in [6, 6.07) is 7.65. The smallest absolute Gasteiger partial charge is 0.147 e. The second-order valence-corrected chi connectivity index (χ2v) is 9.13. The number of aryl methyl sites for hydroxylation is 2. The van der Waals surface area contributed by atoms with Gasteiger partial charge in [0.15, 0.2) is 0 Å². The van der Waals surface area contributed by atoms with Gasteiger partial charge in [-0.25, -0.2) is 19.6 Å². The highest BCUT2D eigenvalue weighted by atomic mass is 32.1. The van der Waals surface area contributed by atoms with Crippen LogP contribution in [-0.4, -0.2) is 30.5 Å². The molecule has 4 aromatic rings. The highest BCUT2D eigenvalue weighted by Gasteiger charge is 2.30. The largest absolute Gasteiger partial charge is 0.299 e. The molecule has 8 heteroatoms. The van der Waals surface area contributed by atoms with Gasteiger partial charge in [0.2, 0.25) is 0 Å². The number of thiazole rings is 1. The van der Waals surface area contributed by atoms with Crippen LogP contribution in [0.3, 0.4) is 0 Å². The molecule has 5 rings (SSSR count). The van der Waals surface area contributed by atoms with Gasteiger partial charge in [0.1, 0.15) is 34.4 Å². The van der Waals surface area contributed by atoms with Crippen molar-refractivity contribution in [2.45, 2.75) is 45.4 Å². The molecule has 1 aliphatic rings. The van der Waals surface area contributed by atoms with E-state index in [4.69, 9.17) is 0 Å². The van der Waals surface area contributed by atoms with Crippen LogP contribution in [0.2, 0.25) is 0 Å². The normalized spacial score (nSPS) is 13.5. The van der Waals surface area contributed by atoms with Gasteiger partial charge in [0.25, 0.3) is 0 Å². The van der Waals surface area contributed by atoms with Crippen molar-refractivity contribution < 1.29 is 4.79 Å². The van der Waals surface area contributed by atoms with Crippen molar-refractivity contribution in [3.8, 4) is 11.8 Å². The van der Waals surface area contributed by atoms with Crippen LogP contribution in [0.15, 0.2) is 30.7 Å². The van der Waals surface area contributed by atoms with Crippen molar-refractivity contribution in [2.24, 2.45) is 0 Å². The second kappa shape index (κ2) is 7.67. The van der Waals surface area contributed by atoms with E-state index >= 15 is 0 Å². The zero-order chi connectivity index (χ0) is 21.5. The summed E-state index contributed by atoms with van der Waals surface area (Å²) in [5.41, 5.74) is 5.10. The molecule has 0 aliphatic heterocycles. The van der Waals surface area contributed by atoms with Crippen LogP contribution in [0, 0.1) is 25.2 Å². The molecule has 1 aromatic carbocycles. The number of fused-ring (bicyclic) bond motifs is 1. The van der Waals surface area contributed by atoms with Crippen LogP contribution in [0.5, 0.6) is 0 Å². The van der Waals surface area contributed by atoms with E-state index in [9.17, 15) is 10.1 Å². The molecule has 0 spiro atoms. The van der Waals surface area contributed by atoms with Crippen molar-refractivity contribution >= 4 is 27.5 Å². The van der Waals surface area contributed by atoms with Crippen molar-refractivity contribution in [3.05, 3.63) is 63.8 Å². The van der Waals surface area contributed by atoms with E-state index in [1.54, 1.807) is 35.3 Å². The highest BCUT2D eigenvalue weighted by Crippen LogP contribution is 2.45. The molecule has 0 amide bonds. The molecule has 1 aliphatic carbocycles. The quantitative estimate of drug-likeness (QED) is 0.461. The Morgan fingerprint density at radius 3 is 2.81 bits per heavy atom. The third-order valence-corrected chi connectivity index (χ3v) is 6.34. The number of carbonyl (C=O) groups excluding carboxylic acids is 1. The molecule has 31 heavy (non-hydrogen) atoms. The third kappa shape index (κ3) is 3.84. The number of carbonyl (C=O) groups is 1. The minimum Gasteiger partial charge on any atom is -0.299 e. The average molecular weight is 429 g/mol. The molecule has 3 aromatic heterocycles. The molecule has 0 unspecified atom stereocenters. The first-order chi connectivity index (χ1) is 15.0. The zero-order valence-electron chi connectivity index (χ0n) is 17.3. The van der Waals surface area contributed by atoms with Gasteiger partial charge < -0.3 is 0 Å². The van der Waals surface area contributed by atoms with Crippen molar-refractivity contribution in [2.75, 3.05) is 0 Å². The van der Waals surface area contributed by atoms with Gasteiger partial charge in [-0.3, -0.25) is 4.79 Å². The first-order valence-corrected chi connectivity index (χ1v) is 11.0. The van der Waals surface area contributed by atoms with E-state index in [2.05, 4.69) is 26.1 Å². The van der Waals surface area contributed by atoms with Crippen molar-refractivity contribution in [3.63, 3.8) is 0 Å². The molecule has 0 saturated heterocycles. The number of nitrogens with zero attached hydrogens (tertiary/aromatic N) is 6. The Bertz CT molecular complexity index is 1360. The molecule has 3 heterocycles. The van der Waals surface area contributed by atoms with Crippen LogP contribution in [-0.2, 0) is 17.6 Å². The molecule has 7 nitrogen and oxygen atoms in total. The first kappa shape index (κ1) is 19.5. The number of ketones is 1. The lowest BCUT2D eigenvalue weighted by atomic mass is 9.97. The summed E-state index contributed by atoms with van der Waals surface area (Å²) in [7, 11) is 0. The molecule has 0 atom stereocenters. The standard InChI is InChI=1S/C23H20N6OS/c1-13-26-12-29(28-13)20-6-3-15(7-17(20)10-24)8-19(30)9-18-11-25-23-22(27-14(2)31-23)21(18)16-4-5-16/h3,6-7,11-12,16H,4-5,8-9H2,1-2H3. The predicted molar refractivity (Wildman–Crippen MR) is 117 cm³/mol. The van der Waals surface area contributed by atoms with Crippen LogP contribution in [0.1, 0.15) is 51.8 Å². The van der Waals surface area contributed by atoms with Crippen molar-refractivity contribution in [1.29, 1.82) is 5.26 Å². The Kier molecular flexibility index (Phi) is 4.83. The fourth-order valence-electron chi connectivity index (χ4n) is 3.95. The number of nitriles is 1. The lowest BCUT2D eigenvalue weighted by molar-refractivity contribution is -0.117. The van der Waals surface area contributed by atoms with E-state index < -0.39 is 0 Å². The van der Waals surface area contributed by atoms with Crippen LogP contribution in [0.25, 0.3) is 16.0 Å². The Labute approximate surface area is 183 Å². The third-order valence-electron chi connectivity index (χ3n) is 5.46. The summed E-state index contributed by atoms with van der Waals surface area (Å²) < 4.78 is 1.58. The number of aromatic nitrogens is 5. The summed E-state index contributed by atoms with van der Waals surface area (Å²) in [5, 5.41) is 14.8. The van der Waals surface area contributed by atoms with E-state index in [-0.39, 0.29) is 12.2 Å². The van der Waals surface area contributed by atoms with Gasteiger partial charge in [0.05, 0.1) is 16.3 Å². The van der Waals surface area contributed by atoms with Crippen LogP contribution < -0.4 is 0 Å². The van der Waals surface area contributed by atoms with E-state index in [1.165, 1.54) is 5.56 Å². The van der Waals surface area contributed by atoms with Gasteiger partial charge >= 0.3 is 0 Å². The van der Waals surface area contributed by atoms with Gasteiger partial charge in [-0.1, -0.05) is 17.4 Å². The molecule has 0 radical (unpaired) electrons. The van der Waals surface area contributed by atoms with Gasteiger partial charge in [-0.05, 0) is 61.4 Å². The van der Waals surface area contributed by atoms with Gasteiger partial charge in [-0.15, -0.1) is 0 Å². The minimum absolute atomic E-state index is 0.100. The fourth-order valence-corrected chi connectivity index (χ4v) is 4.73. The topological polar surface area (TPSA) is 97.4 Å². The molecule has 1 fully saturated rings. The number of hydrogen-bond acceptors (Lipinski definition) is 7. The lowest BCUT2D eigenvalue weighted by Gasteiger charge is -2.10. The number of Topliss-reactive ketones (excluding diaryl/α,β-unsaturated/α-hetero) is 1. The first-order valence-electron chi connectivity index (χ1n) is 10.2. The number of benzene rings is 1. The summed E-state index contributed by atoms with van der Waals surface area (Å²) in [5.74, 6) is 1.23. The van der Waals surface area contributed by atoms with Crippen LogP contribution >= 0.6 is 11.3 Å². The SMILES string of the molecule is Cc1ncn(-c2ccc(CC(=O)Cc3cnc4sc(C)nc4c3C3CC3)cc2C#N)n1. The van der Waals surface area contributed by atoms with E-state index in [0.717, 1.165) is 39.3 Å². The average Bonchev–Trinajstić information content (AvgIpc) is 3.37. The van der Waals surface area contributed by atoms with E-state index in [0.29, 0.717) is 29.4 Å². The monoisotopic (exact) mass is 428 g/mol. The molecule has 0 bridgehead atoms. The predicted octanol–water partition coefficient (Wildman–Crippen LogP) is 3.99. The Morgan fingerprint density at radius 1 is 1.26 bits per heavy atom. The number of rotatable bonds is 6. The number of hydrogen-bond donors (Lipinski definition) is 0. The maximum absolute atomic E-state index is 12.9. The Hall–Kier alpha value is -3.44. The highest BCUT2D eigenvalue weighted by molar-refractivity contribution is 7.18. The van der Waals surface area contributed by atoms with Crippen molar-refractivity contribution in [1.82, 2.24) is 24.7 Å². The maximum Gasteiger partial charge on any atom is 0.147 e. The Balaban J connectivity index is 1.39. The second-order valence-electron chi connectivity index (χ2n) is 7.95.